The number of aromatic nitrogens is 4. The first-order valence-corrected chi connectivity index (χ1v) is 10.2. The van der Waals surface area contributed by atoms with E-state index >= 15 is 0 Å². The number of fused-ring (bicyclic) bond motifs is 1. The van der Waals surface area contributed by atoms with Crippen molar-refractivity contribution in [2.75, 3.05) is 12.3 Å². The third kappa shape index (κ3) is 5.43. The number of hydrogen-bond acceptors (Lipinski definition) is 11. The van der Waals surface area contributed by atoms with Gasteiger partial charge in [-0.05, 0) is 6.10 Å². The van der Waals surface area contributed by atoms with Gasteiger partial charge >= 0.3 is 67.0 Å². The third-order valence-electron chi connectivity index (χ3n) is 3.59. The molecule has 150 valence electrons. The van der Waals surface area contributed by atoms with Gasteiger partial charge in [-0.1, -0.05) is 0 Å². The van der Waals surface area contributed by atoms with E-state index in [9.17, 15) is 24.2 Å². The van der Waals surface area contributed by atoms with E-state index in [4.69, 9.17) is 20.3 Å². The molecule has 18 heteroatoms. The molecule has 3 heterocycles. The van der Waals surface area contributed by atoms with Gasteiger partial charge in [0.15, 0.2) is 11.5 Å². The van der Waals surface area contributed by atoms with Gasteiger partial charge in [-0.25, -0.2) is 24.1 Å². The van der Waals surface area contributed by atoms with E-state index in [-0.39, 0.29) is 68.4 Å². The van der Waals surface area contributed by atoms with Gasteiger partial charge < -0.3 is 35.4 Å². The van der Waals surface area contributed by atoms with Gasteiger partial charge in [0.1, 0.15) is 24.2 Å². The van der Waals surface area contributed by atoms with Crippen molar-refractivity contribution < 1.29 is 99.0 Å². The van der Waals surface area contributed by atoms with Crippen LogP contribution in [-0.2, 0) is 22.7 Å². The van der Waals surface area contributed by atoms with Gasteiger partial charge in [0.25, 0.3) is 0 Å². The topological polar surface area (TPSA) is 235 Å². The summed E-state index contributed by atoms with van der Waals surface area (Å²) in [7, 11) is -10.5. The number of phosphoric ester groups is 1. The number of aliphatic hydroxyl groups excluding tert-OH is 1. The zero-order chi connectivity index (χ0) is 20.0. The Hall–Kier alpha value is 0.126. The number of phosphoric acid groups is 2. The van der Waals surface area contributed by atoms with Crippen LogP contribution in [0.3, 0.4) is 0 Å². The Labute approximate surface area is 199 Å². The van der Waals surface area contributed by atoms with E-state index in [2.05, 4.69) is 23.8 Å². The molecule has 1 aliphatic heterocycles. The zero-order valence-corrected chi connectivity index (χ0v) is 19.1. The van der Waals surface area contributed by atoms with E-state index in [1.807, 2.05) is 0 Å². The number of ether oxygens (including phenoxy) is 1. The second kappa shape index (κ2) is 9.09. The summed E-state index contributed by atoms with van der Waals surface area (Å²) in [6, 6.07) is 0. The second-order valence-corrected chi connectivity index (χ2v) is 8.27. The van der Waals surface area contributed by atoms with Gasteiger partial charge in [-0.2, -0.15) is 4.31 Å². The zero-order valence-electron chi connectivity index (χ0n) is 14.2. The minimum Gasteiger partial charge on any atom is -0.847 e. The third-order valence-corrected chi connectivity index (χ3v) is 5.74. The van der Waals surface area contributed by atoms with Crippen molar-refractivity contribution in [1.29, 1.82) is 0 Å². The van der Waals surface area contributed by atoms with Crippen molar-refractivity contribution in [2.45, 2.75) is 24.5 Å². The van der Waals surface area contributed by atoms with Gasteiger partial charge in [-0.15, -0.1) is 0 Å². The molecule has 0 radical (unpaired) electrons. The Bertz CT molecular complexity index is 938. The average molecular weight is 465 g/mol. The number of hydrogen-bond donors (Lipinski definition) is 5. The molecule has 0 spiro atoms. The molecule has 1 saturated heterocycles. The minimum atomic E-state index is -5.30. The van der Waals surface area contributed by atoms with Crippen LogP contribution in [0.15, 0.2) is 12.7 Å². The average Bonchev–Trinajstić information content (AvgIpc) is 3.07. The molecule has 2 aromatic rings. The largest absolute Gasteiger partial charge is 1.00 e. The molecule has 2 aromatic heterocycles. The standard InChI is InChI=1S/C10H14N5O10P2.K/c11-8-5-9(13-2-12-8)15(3-14-5)10-7(17)6(16)4(24-10)1-23-27(21,22)25-26(18,19)20;/h2-4,6-7,10,16H,1H2,(H,21,22)(H2,11,12,13)(H2,18,19,20);/q-1;+1/t4-,6-,7-,10-;/m1./s1. The van der Waals surface area contributed by atoms with E-state index in [1.54, 1.807) is 0 Å². The summed E-state index contributed by atoms with van der Waals surface area (Å²) < 4.78 is 36.6. The maximum atomic E-state index is 12.3. The van der Waals surface area contributed by atoms with Gasteiger partial charge in [-0.3, -0.25) is 9.09 Å². The number of nitrogen functional groups attached to an aromatic ring is 1. The first-order valence-electron chi connectivity index (χ1n) is 7.15. The van der Waals surface area contributed by atoms with Gasteiger partial charge in [0.05, 0.1) is 19.0 Å². The maximum absolute atomic E-state index is 12.3. The van der Waals surface area contributed by atoms with Crippen LogP contribution in [0.4, 0.5) is 5.82 Å². The summed E-state index contributed by atoms with van der Waals surface area (Å²) >= 11 is 0. The number of anilines is 1. The molecule has 0 aromatic carbocycles. The van der Waals surface area contributed by atoms with Crippen LogP contribution in [-0.4, -0.2) is 64.2 Å². The van der Waals surface area contributed by atoms with E-state index < -0.39 is 46.8 Å². The minimum absolute atomic E-state index is 0. The summed E-state index contributed by atoms with van der Waals surface area (Å²) in [4.78, 5) is 38.0. The predicted molar refractivity (Wildman–Crippen MR) is 82.3 cm³/mol. The molecule has 1 unspecified atom stereocenters. The van der Waals surface area contributed by atoms with Gasteiger partial charge in [0.2, 0.25) is 0 Å². The van der Waals surface area contributed by atoms with Crippen LogP contribution in [0.5, 0.6) is 0 Å². The summed E-state index contributed by atoms with van der Waals surface area (Å²) in [5.74, 6) is 0.0652. The molecule has 15 nitrogen and oxygen atoms in total. The van der Waals surface area contributed by atoms with Crippen molar-refractivity contribution in [3.8, 4) is 0 Å². The van der Waals surface area contributed by atoms with Crippen LogP contribution in [0.2, 0.25) is 0 Å². The molecule has 28 heavy (non-hydrogen) atoms. The van der Waals surface area contributed by atoms with Crippen molar-refractivity contribution >= 4 is 32.6 Å². The summed E-state index contributed by atoms with van der Waals surface area (Å²) in [6.07, 6.45) is -3.80. The van der Waals surface area contributed by atoms with Gasteiger partial charge in [0, 0.05) is 0 Å². The van der Waals surface area contributed by atoms with Crippen LogP contribution in [0.1, 0.15) is 6.23 Å². The Kier molecular flexibility index (Phi) is 7.92. The second-order valence-electron chi connectivity index (χ2n) is 5.44. The SMILES string of the molecule is Nc1ncnc2c1ncn2[C@@H]1O[C@H](COP(=O)(O)OP(=O)(O)O)[C@@H](O)[C@H]1[O-].[K+]. The van der Waals surface area contributed by atoms with Crippen LogP contribution in [0.25, 0.3) is 11.2 Å². The van der Waals surface area contributed by atoms with Crippen molar-refractivity contribution in [3.05, 3.63) is 12.7 Å². The Morgan fingerprint density at radius 1 is 1.29 bits per heavy atom. The van der Waals surface area contributed by atoms with E-state index in [1.165, 1.54) is 10.9 Å². The first kappa shape index (κ1) is 24.4. The first-order chi connectivity index (χ1) is 12.5. The van der Waals surface area contributed by atoms with Crippen LogP contribution < -0.4 is 62.2 Å². The van der Waals surface area contributed by atoms with Crippen LogP contribution >= 0.6 is 15.6 Å². The van der Waals surface area contributed by atoms with E-state index in [0.29, 0.717) is 0 Å². The Balaban J connectivity index is 0.00000280. The Morgan fingerprint density at radius 2 is 1.96 bits per heavy atom. The summed E-state index contributed by atoms with van der Waals surface area (Å²) in [5.41, 5.74) is 6.02. The monoisotopic (exact) mass is 465 g/mol. The molecule has 6 N–H and O–H groups in total. The fourth-order valence-corrected chi connectivity index (χ4v) is 4.06. The molecule has 0 amide bonds. The number of aliphatic hydroxyl groups is 1. The van der Waals surface area contributed by atoms with Crippen molar-refractivity contribution in [3.63, 3.8) is 0 Å². The maximum Gasteiger partial charge on any atom is 1.00 e. The van der Waals surface area contributed by atoms with Crippen molar-refractivity contribution in [1.82, 2.24) is 19.5 Å². The fourth-order valence-electron chi connectivity index (χ4n) is 2.46. The summed E-state index contributed by atoms with van der Waals surface area (Å²) in [6.45, 7) is -0.853. The number of nitrogens with two attached hydrogens (primary N) is 1. The molecular formula is C10H14KN5O10P2. The fraction of sp³-hybridized carbons (Fsp3) is 0.500. The smallest absolute Gasteiger partial charge is 0.847 e. The van der Waals surface area contributed by atoms with Crippen LogP contribution in [0, 0.1) is 0 Å². The molecule has 1 aliphatic rings. The summed E-state index contributed by atoms with van der Waals surface area (Å²) in [5, 5.41) is 22.3. The quantitative estimate of drug-likeness (QED) is 0.198. The normalized spacial score (nSPS) is 27.5. The molecule has 5 atom stereocenters. The number of nitrogens with zero attached hydrogens (tertiary/aromatic N) is 4. The Morgan fingerprint density at radius 3 is 2.61 bits per heavy atom. The number of rotatable bonds is 6. The number of imidazole rings is 1. The molecule has 3 rings (SSSR count). The molecule has 1 fully saturated rings. The predicted octanol–water partition coefficient (Wildman–Crippen LogP) is -5.37. The molecular weight excluding hydrogens is 451 g/mol. The van der Waals surface area contributed by atoms with Crippen molar-refractivity contribution in [2.24, 2.45) is 0 Å². The van der Waals surface area contributed by atoms with E-state index in [0.717, 1.165) is 6.33 Å². The molecule has 0 bridgehead atoms. The molecule has 0 aliphatic carbocycles. The molecule has 0 saturated carbocycles.